The van der Waals surface area contributed by atoms with Crippen molar-refractivity contribution < 1.29 is 14.3 Å². The van der Waals surface area contributed by atoms with Gasteiger partial charge in [0.25, 0.3) is 0 Å². The van der Waals surface area contributed by atoms with Crippen LogP contribution in [0.1, 0.15) is 17.4 Å². The second-order valence-electron chi connectivity index (χ2n) is 2.63. The van der Waals surface area contributed by atoms with Crippen LogP contribution in [0.5, 0.6) is 0 Å². The van der Waals surface area contributed by atoms with Crippen LogP contribution < -0.4 is 5.63 Å². The molecule has 1 aromatic rings. The molecule has 0 fully saturated rings. The molecule has 1 aromatic heterocycles. The van der Waals surface area contributed by atoms with Gasteiger partial charge in [-0.3, -0.25) is 0 Å². The van der Waals surface area contributed by atoms with Crippen LogP contribution in [-0.4, -0.2) is 5.11 Å². The van der Waals surface area contributed by atoms with Crippen LogP contribution in [0.15, 0.2) is 19.0 Å². The van der Waals surface area contributed by atoms with Crippen molar-refractivity contribution in [2.45, 2.75) is 6.29 Å². The number of hydrogen-bond acceptors (Lipinski definition) is 4. The van der Waals surface area contributed by atoms with Gasteiger partial charge in [0.2, 0.25) is 6.29 Å². The van der Waals surface area contributed by atoms with Gasteiger partial charge in [-0.25, -0.2) is 4.79 Å². The van der Waals surface area contributed by atoms with E-state index in [-0.39, 0.29) is 0 Å². The molecule has 4 nitrogen and oxygen atoms in total. The fourth-order valence-electron chi connectivity index (χ4n) is 1.16. The largest absolute Gasteiger partial charge is 0.455 e. The van der Waals surface area contributed by atoms with Crippen molar-refractivity contribution in [1.82, 2.24) is 0 Å². The fraction of sp³-hybridized carbons (Fsp3) is 0.125. The predicted molar refractivity (Wildman–Crippen MR) is 65.7 cm³/mol. The third-order valence-corrected chi connectivity index (χ3v) is 2.84. The molecule has 1 aliphatic rings. The Balaban J connectivity index is 2.72. The van der Waals surface area contributed by atoms with Crippen LogP contribution in [0.25, 0.3) is 6.08 Å². The van der Waals surface area contributed by atoms with Gasteiger partial charge < -0.3 is 14.3 Å². The molecule has 0 radical (unpaired) electrons. The molecule has 0 saturated heterocycles. The molecule has 1 atom stereocenters. The van der Waals surface area contributed by atoms with E-state index >= 15 is 0 Å². The van der Waals surface area contributed by atoms with Crippen LogP contribution in [-0.2, 0) is 4.74 Å². The summed E-state index contributed by atoms with van der Waals surface area (Å²) >= 11 is 3.76. The van der Waals surface area contributed by atoms with E-state index in [9.17, 15) is 9.90 Å². The topological polar surface area (TPSA) is 59.7 Å². The molecule has 2 heterocycles. The Bertz CT molecular complexity index is 463. The van der Waals surface area contributed by atoms with Crippen molar-refractivity contribution in [1.29, 1.82) is 0 Å². The summed E-state index contributed by atoms with van der Waals surface area (Å²) in [7, 11) is 0. The van der Waals surface area contributed by atoms with Crippen LogP contribution in [0.4, 0.5) is 0 Å². The van der Waals surface area contributed by atoms with E-state index in [1.807, 2.05) is 45.2 Å². The Kier molecular flexibility index (Phi) is 2.84. The number of hydrogen-bond donors (Lipinski definition) is 1. The maximum absolute atomic E-state index is 11.4. The number of ether oxygens (including phenoxy) is 1. The molecule has 74 valence electrons. The second-order valence-corrected chi connectivity index (χ2v) is 4.75. The Labute approximate surface area is 106 Å². The minimum atomic E-state index is -1.08. The maximum atomic E-state index is 11.4. The summed E-state index contributed by atoms with van der Waals surface area (Å²) in [6.07, 6.45) is 0.462. The molecule has 2 rings (SSSR count). The van der Waals surface area contributed by atoms with Gasteiger partial charge in [0, 0.05) is 11.6 Å². The van der Waals surface area contributed by atoms with Crippen molar-refractivity contribution in [3.05, 3.63) is 35.1 Å². The van der Waals surface area contributed by atoms with Gasteiger partial charge in [0.1, 0.15) is 0 Å². The quantitative estimate of drug-likeness (QED) is 0.656. The molecule has 14 heavy (non-hydrogen) atoms. The van der Waals surface area contributed by atoms with Crippen LogP contribution in [0, 0.1) is 3.77 Å². The normalized spacial score (nSPS) is 19.6. The highest BCUT2D eigenvalue weighted by Crippen LogP contribution is 2.30. The van der Waals surface area contributed by atoms with E-state index in [2.05, 4.69) is 0 Å². The lowest BCUT2D eigenvalue weighted by atomic mass is 10.1. The number of aliphatic hydroxyl groups is 1. The molecule has 1 N–H and O–H groups in total. The molecule has 1 aliphatic heterocycles. The fourth-order valence-corrected chi connectivity index (χ4v) is 2.24. The van der Waals surface area contributed by atoms with Crippen LogP contribution >= 0.6 is 45.2 Å². The average Bonchev–Trinajstić information content (AvgIpc) is 2.07. The summed E-state index contributed by atoms with van der Waals surface area (Å²) < 4.78 is 10.8. The molecule has 0 amide bonds. The zero-order valence-corrected chi connectivity index (χ0v) is 11.0. The molecular formula is C8H4I2O4. The number of aliphatic hydroxyl groups excluding tert-OH is 1. The van der Waals surface area contributed by atoms with E-state index in [4.69, 9.17) is 9.15 Å². The van der Waals surface area contributed by atoms with Crippen molar-refractivity contribution >= 4 is 51.3 Å². The highest BCUT2D eigenvalue weighted by Gasteiger charge is 2.22. The molecule has 6 heteroatoms. The van der Waals surface area contributed by atoms with E-state index in [0.29, 0.717) is 18.7 Å². The molecule has 0 aliphatic carbocycles. The van der Waals surface area contributed by atoms with Crippen LogP contribution in [0.3, 0.4) is 0 Å². The smallest absolute Gasteiger partial charge is 0.344 e. The Hall–Kier alpha value is -0.0900. The van der Waals surface area contributed by atoms with Gasteiger partial charge in [-0.05, 0) is 51.2 Å². The maximum Gasteiger partial charge on any atom is 0.344 e. The van der Waals surface area contributed by atoms with Gasteiger partial charge in [-0.2, -0.15) is 0 Å². The Morgan fingerprint density at radius 2 is 2.14 bits per heavy atom. The zero-order chi connectivity index (χ0) is 10.3. The third kappa shape index (κ3) is 1.82. The highest BCUT2D eigenvalue weighted by molar-refractivity contribution is 14.1. The molecular weight excluding hydrogens is 414 g/mol. The zero-order valence-electron chi connectivity index (χ0n) is 6.66. The SMILES string of the molecule is O=c1oc(I)cc2c1C=C(I)OC2O. The number of halogens is 2. The van der Waals surface area contributed by atoms with E-state index in [1.54, 1.807) is 12.1 Å². The lowest BCUT2D eigenvalue weighted by Crippen LogP contribution is -2.16. The molecule has 0 saturated carbocycles. The van der Waals surface area contributed by atoms with Gasteiger partial charge in [0.05, 0.1) is 5.56 Å². The Morgan fingerprint density at radius 1 is 1.43 bits per heavy atom. The number of rotatable bonds is 0. The first kappa shape index (κ1) is 10.4. The van der Waals surface area contributed by atoms with Crippen LogP contribution in [0.2, 0.25) is 0 Å². The highest BCUT2D eigenvalue weighted by atomic mass is 127. The van der Waals surface area contributed by atoms with E-state index < -0.39 is 11.9 Å². The van der Waals surface area contributed by atoms with Crippen molar-refractivity contribution in [2.75, 3.05) is 0 Å². The van der Waals surface area contributed by atoms with Gasteiger partial charge in [-0.15, -0.1) is 0 Å². The average molecular weight is 418 g/mol. The summed E-state index contributed by atoms with van der Waals surface area (Å²) in [6.45, 7) is 0. The first-order valence-corrected chi connectivity index (χ1v) is 5.79. The summed E-state index contributed by atoms with van der Waals surface area (Å²) in [5, 5.41) is 9.53. The second kappa shape index (κ2) is 3.81. The molecule has 0 bridgehead atoms. The predicted octanol–water partition coefficient (Wildman–Crippen LogP) is 2.00. The summed E-state index contributed by atoms with van der Waals surface area (Å²) in [5.41, 5.74) is 0.350. The van der Waals surface area contributed by atoms with Crippen molar-refractivity contribution in [2.24, 2.45) is 0 Å². The first-order chi connectivity index (χ1) is 6.58. The number of fused-ring (bicyclic) bond motifs is 1. The third-order valence-electron chi connectivity index (χ3n) is 1.74. The van der Waals surface area contributed by atoms with Gasteiger partial charge >= 0.3 is 5.63 Å². The van der Waals surface area contributed by atoms with E-state index in [1.165, 1.54) is 0 Å². The first-order valence-electron chi connectivity index (χ1n) is 3.63. The minimum absolute atomic E-state index is 0.355. The van der Waals surface area contributed by atoms with Crippen molar-refractivity contribution in [3.8, 4) is 0 Å². The lowest BCUT2D eigenvalue weighted by molar-refractivity contribution is -0.0583. The monoisotopic (exact) mass is 418 g/mol. The van der Waals surface area contributed by atoms with Crippen molar-refractivity contribution in [3.63, 3.8) is 0 Å². The van der Waals surface area contributed by atoms with E-state index in [0.717, 1.165) is 0 Å². The van der Waals surface area contributed by atoms with Gasteiger partial charge in [0.15, 0.2) is 7.53 Å². The summed E-state index contributed by atoms with van der Waals surface area (Å²) in [4.78, 5) is 11.4. The molecule has 1 unspecified atom stereocenters. The lowest BCUT2D eigenvalue weighted by Gasteiger charge is -2.19. The molecule has 0 spiro atoms. The van der Waals surface area contributed by atoms with Gasteiger partial charge in [-0.1, -0.05) is 0 Å². The molecule has 0 aromatic carbocycles. The minimum Gasteiger partial charge on any atom is -0.455 e. The summed E-state index contributed by atoms with van der Waals surface area (Å²) in [6, 6.07) is 1.58. The standard InChI is InChI=1S/C8H4I2O4/c9-5-1-3-4(8(12)13-5)2-6(10)14-7(3)11/h1-2,7,11H. The Morgan fingerprint density at radius 3 is 2.86 bits per heavy atom. The summed E-state index contributed by atoms with van der Waals surface area (Å²) in [5.74, 6) is 0.